The normalized spacial score (nSPS) is 10.1. The summed E-state index contributed by atoms with van der Waals surface area (Å²) in [4.78, 5) is 0. The third kappa shape index (κ3) is 3.79. The van der Waals surface area contributed by atoms with Crippen LogP contribution in [0.25, 0.3) is 0 Å². The van der Waals surface area contributed by atoms with Gasteiger partial charge in [0.2, 0.25) is 0 Å². The van der Waals surface area contributed by atoms with Gasteiger partial charge in [-0.25, -0.2) is 0 Å². The van der Waals surface area contributed by atoms with Gasteiger partial charge in [0.1, 0.15) is 5.75 Å². The van der Waals surface area contributed by atoms with Gasteiger partial charge in [0.25, 0.3) is 0 Å². The molecule has 0 heterocycles. The van der Waals surface area contributed by atoms with Crippen molar-refractivity contribution in [2.75, 3.05) is 13.2 Å². The molecule has 0 unspecified atom stereocenters. The fraction of sp³-hybridized carbons (Fsp3) is 0.500. The van der Waals surface area contributed by atoms with Crippen LogP contribution in [-0.2, 0) is 6.42 Å². The van der Waals surface area contributed by atoms with Gasteiger partial charge in [-0.2, -0.15) is 0 Å². The first kappa shape index (κ1) is 11.1. The molecule has 2 heteroatoms. The second-order valence-electron chi connectivity index (χ2n) is 3.26. The molecule has 0 aliphatic rings. The highest BCUT2D eigenvalue weighted by atomic mass is 16.5. The number of hydrogen-bond donors (Lipinski definition) is 1. The SMILES string of the molecule is CCOc1ccc(CCCCO)cc1. The van der Waals surface area contributed by atoms with Crippen LogP contribution in [0.1, 0.15) is 25.3 Å². The molecule has 0 aromatic heterocycles. The number of aliphatic hydroxyl groups excluding tert-OH is 1. The Kier molecular flexibility index (Phi) is 5.08. The van der Waals surface area contributed by atoms with Crippen LogP contribution >= 0.6 is 0 Å². The van der Waals surface area contributed by atoms with Gasteiger partial charge in [-0.05, 0) is 43.9 Å². The molecular formula is C12H18O2. The van der Waals surface area contributed by atoms with Gasteiger partial charge in [0, 0.05) is 6.61 Å². The molecule has 1 aromatic rings. The Morgan fingerprint density at radius 3 is 2.43 bits per heavy atom. The van der Waals surface area contributed by atoms with Gasteiger partial charge in [0.05, 0.1) is 6.61 Å². The third-order valence-corrected chi connectivity index (χ3v) is 2.11. The number of unbranched alkanes of at least 4 members (excludes halogenated alkanes) is 1. The van der Waals surface area contributed by atoms with Crippen LogP contribution in [0, 0.1) is 0 Å². The maximum absolute atomic E-state index is 8.64. The van der Waals surface area contributed by atoms with Crippen LogP contribution in [0.4, 0.5) is 0 Å². The molecule has 0 aliphatic heterocycles. The average molecular weight is 194 g/mol. The third-order valence-electron chi connectivity index (χ3n) is 2.11. The van der Waals surface area contributed by atoms with E-state index in [9.17, 15) is 0 Å². The van der Waals surface area contributed by atoms with Gasteiger partial charge in [-0.1, -0.05) is 12.1 Å². The minimum atomic E-state index is 0.289. The summed E-state index contributed by atoms with van der Waals surface area (Å²) < 4.78 is 5.35. The van der Waals surface area contributed by atoms with Crippen molar-refractivity contribution in [3.8, 4) is 5.75 Å². The molecule has 0 amide bonds. The molecule has 2 nitrogen and oxygen atoms in total. The summed E-state index contributed by atoms with van der Waals surface area (Å²) in [5.41, 5.74) is 1.31. The van der Waals surface area contributed by atoms with Crippen molar-refractivity contribution in [1.29, 1.82) is 0 Å². The van der Waals surface area contributed by atoms with E-state index in [1.807, 2.05) is 19.1 Å². The molecule has 0 bridgehead atoms. The topological polar surface area (TPSA) is 29.5 Å². The van der Waals surface area contributed by atoms with Crippen molar-refractivity contribution in [3.05, 3.63) is 29.8 Å². The standard InChI is InChI=1S/C12H18O2/c1-2-14-12-8-6-11(7-9-12)5-3-4-10-13/h6-9,13H,2-5,10H2,1H3. The van der Waals surface area contributed by atoms with Crippen molar-refractivity contribution >= 4 is 0 Å². The van der Waals surface area contributed by atoms with E-state index >= 15 is 0 Å². The minimum Gasteiger partial charge on any atom is -0.494 e. The molecule has 0 spiro atoms. The van der Waals surface area contributed by atoms with Crippen LogP contribution in [0.2, 0.25) is 0 Å². The predicted octanol–water partition coefficient (Wildman–Crippen LogP) is 2.40. The van der Waals surface area contributed by atoms with Crippen molar-refractivity contribution in [1.82, 2.24) is 0 Å². The predicted molar refractivity (Wildman–Crippen MR) is 57.6 cm³/mol. The van der Waals surface area contributed by atoms with E-state index in [0.29, 0.717) is 6.61 Å². The fourth-order valence-electron chi connectivity index (χ4n) is 1.36. The average Bonchev–Trinajstić information content (AvgIpc) is 2.21. The Hall–Kier alpha value is -1.02. The maximum atomic E-state index is 8.64. The zero-order valence-corrected chi connectivity index (χ0v) is 8.70. The number of ether oxygens (including phenoxy) is 1. The molecule has 0 saturated heterocycles. The number of hydrogen-bond acceptors (Lipinski definition) is 2. The Labute approximate surface area is 85.5 Å². The Balaban J connectivity index is 2.38. The summed E-state index contributed by atoms with van der Waals surface area (Å²) in [6, 6.07) is 8.17. The van der Waals surface area contributed by atoms with Crippen molar-refractivity contribution in [2.45, 2.75) is 26.2 Å². The van der Waals surface area contributed by atoms with Crippen LogP contribution in [0.3, 0.4) is 0 Å². The summed E-state index contributed by atoms with van der Waals surface area (Å²) in [5, 5.41) is 8.64. The largest absolute Gasteiger partial charge is 0.494 e. The zero-order valence-electron chi connectivity index (χ0n) is 8.70. The zero-order chi connectivity index (χ0) is 10.2. The van der Waals surface area contributed by atoms with E-state index in [0.717, 1.165) is 25.0 Å². The molecule has 1 N–H and O–H groups in total. The molecule has 78 valence electrons. The van der Waals surface area contributed by atoms with E-state index in [4.69, 9.17) is 9.84 Å². The van der Waals surface area contributed by atoms with Crippen LogP contribution < -0.4 is 4.74 Å². The van der Waals surface area contributed by atoms with Gasteiger partial charge >= 0.3 is 0 Å². The monoisotopic (exact) mass is 194 g/mol. The number of aliphatic hydroxyl groups is 1. The van der Waals surface area contributed by atoms with E-state index in [2.05, 4.69) is 12.1 Å². The van der Waals surface area contributed by atoms with E-state index < -0.39 is 0 Å². The second-order valence-corrected chi connectivity index (χ2v) is 3.26. The van der Waals surface area contributed by atoms with E-state index in [1.165, 1.54) is 5.56 Å². The first-order chi connectivity index (χ1) is 6.86. The lowest BCUT2D eigenvalue weighted by Gasteiger charge is -2.04. The summed E-state index contributed by atoms with van der Waals surface area (Å²) in [6.07, 6.45) is 2.96. The highest BCUT2D eigenvalue weighted by Gasteiger charge is 1.94. The fourth-order valence-corrected chi connectivity index (χ4v) is 1.36. The van der Waals surface area contributed by atoms with Crippen molar-refractivity contribution < 1.29 is 9.84 Å². The van der Waals surface area contributed by atoms with Crippen LogP contribution in [0.15, 0.2) is 24.3 Å². The lowest BCUT2D eigenvalue weighted by atomic mass is 10.1. The number of aryl methyl sites for hydroxylation is 1. The first-order valence-corrected chi connectivity index (χ1v) is 5.19. The van der Waals surface area contributed by atoms with Gasteiger partial charge < -0.3 is 9.84 Å². The number of benzene rings is 1. The second kappa shape index (κ2) is 6.44. The molecule has 0 radical (unpaired) electrons. The van der Waals surface area contributed by atoms with Crippen molar-refractivity contribution in [3.63, 3.8) is 0 Å². The van der Waals surface area contributed by atoms with E-state index in [-0.39, 0.29) is 6.61 Å². The summed E-state index contributed by atoms with van der Waals surface area (Å²) in [6.45, 7) is 2.98. The highest BCUT2D eigenvalue weighted by molar-refractivity contribution is 5.27. The molecule has 0 aliphatic carbocycles. The molecule has 14 heavy (non-hydrogen) atoms. The van der Waals surface area contributed by atoms with Gasteiger partial charge in [-0.3, -0.25) is 0 Å². The van der Waals surface area contributed by atoms with Crippen LogP contribution in [-0.4, -0.2) is 18.3 Å². The quantitative estimate of drug-likeness (QED) is 0.705. The number of rotatable bonds is 6. The van der Waals surface area contributed by atoms with E-state index in [1.54, 1.807) is 0 Å². The molecule has 0 fully saturated rings. The lowest BCUT2D eigenvalue weighted by molar-refractivity contribution is 0.284. The Morgan fingerprint density at radius 2 is 1.86 bits per heavy atom. The van der Waals surface area contributed by atoms with Crippen molar-refractivity contribution in [2.24, 2.45) is 0 Å². The summed E-state index contributed by atoms with van der Waals surface area (Å²) in [5.74, 6) is 0.929. The highest BCUT2D eigenvalue weighted by Crippen LogP contribution is 2.13. The molecular weight excluding hydrogens is 176 g/mol. The summed E-state index contributed by atoms with van der Waals surface area (Å²) in [7, 11) is 0. The van der Waals surface area contributed by atoms with Gasteiger partial charge in [-0.15, -0.1) is 0 Å². The first-order valence-electron chi connectivity index (χ1n) is 5.19. The van der Waals surface area contributed by atoms with Crippen LogP contribution in [0.5, 0.6) is 5.75 Å². The summed E-state index contributed by atoms with van der Waals surface area (Å²) >= 11 is 0. The van der Waals surface area contributed by atoms with Gasteiger partial charge in [0.15, 0.2) is 0 Å². The molecule has 1 aromatic carbocycles. The minimum absolute atomic E-state index is 0.289. The molecule has 0 saturated carbocycles. The molecule has 0 atom stereocenters. The maximum Gasteiger partial charge on any atom is 0.119 e. The Morgan fingerprint density at radius 1 is 1.14 bits per heavy atom. The smallest absolute Gasteiger partial charge is 0.119 e. The Bertz CT molecular complexity index is 241. The molecule has 1 rings (SSSR count). The lowest BCUT2D eigenvalue weighted by Crippen LogP contribution is -1.92.